The van der Waals surface area contributed by atoms with Gasteiger partial charge in [0, 0.05) is 36.0 Å². The van der Waals surface area contributed by atoms with Crippen LogP contribution in [-0.4, -0.2) is 65.9 Å². The zero-order valence-corrected chi connectivity index (χ0v) is 24.6. The lowest BCUT2D eigenvalue weighted by molar-refractivity contribution is -0.148. The number of rotatable bonds is 4. The van der Waals surface area contributed by atoms with Crippen LogP contribution in [0, 0.1) is 0 Å². The van der Waals surface area contributed by atoms with Crippen LogP contribution in [-0.2, 0) is 9.59 Å². The van der Waals surface area contributed by atoms with E-state index in [9.17, 15) is 29.4 Å². The Bertz CT molecular complexity index is 1140. The number of likely N-dealkylation sites (tertiary alicyclic amines) is 2. The zero-order chi connectivity index (χ0) is 29.2. The quantitative estimate of drug-likeness (QED) is 0.522. The average molecular weight is 529 g/mol. The second-order valence-corrected chi connectivity index (χ2v) is 13.8. The minimum atomic E-state index is -1.28. The van der Waals surface area contributed by atoms with Crippen LogP contribution < -0.4 is 0 Å². The minimum Gasteiger partial charge on any atom is -0.478 e. The summed E-state index contributed by atoms with van der Waals surface area (Å²) < 4.78 is 0. The lowest BCUT2D eigenvalue weighted by atomic mass is 9.65. The fraction of sp³-hybridized carbons (Fsp3) is 0.667. The fourth-order valence-electron chi connectivity index (χ4n) is 8.53. The first-order valence-corrected chi connectivity index (χ1v) is 13.4. The van der Waals surface area contributed by atoms with Gasteiger partial charge in [0.25, 0.3) is 0 Å². The van der Waals surface area contributed by atoms with E-state index >= 15 is 0 Å². The molecule has 0 atom stereocenters. The van der Waals surface area contributed by atoms with E-state index in [1.165, 1.54) is 6.07 Å². The maximum Gasteiger partial charge on any atom is 0.336 e. The highest BCUT2D eigenvalue weighted by atomic mass is 16.4. The Balaban J connectivity index is 2.29. The van der Waals surface area contributed by atoms with Crippen molar-refractivity contribution in [3.05, 3.63) is 34.4 Å². The third-order valence-electron chi connectivity index (χ3n) is 8.61. The lowest BCUT2D eigenvalue weighted by Crippen LogP contribution is -2.62. The van der Waals surface area contributed by atoms with Gasteiger partial charge in [0.05, 0.1) is 11.1 Å². The van der Waals surface area contributed by atoms with E-state index in [0.717, 1.165) is 5.56 Å². The van der Waals surface area contributed by atoms with Crippen LogP contribution in [0.25, 0.3) is 0 Å². The third-order valence-corrected chi connectivity index (χ3v) is 8.61. The number of nitrogens with zero attached hydrogens (tertiary/aromatic N) is 2. The largest absolute Gasteiger partial charge is 0.478 e. The monoisotopic (exact) mass is 528 g/mol. The SMILES string of the molecule is CC(=O)N1C(C)(C)CC(c2ccc(C(=O)O)c(C(=O)O)c2C2CC(C)(C)N(C(C)=O)C(C)(C)C2)CC1(C)C. The number of benzene rings is 1. The van der Waals surface area contributed by atoms with Crippen LogP contribution in [0.1, 0.15) is 139 Å². The van der Waals surface area contributed by atoms with Gasteiger partial charge in [-0.25, -0.2) is 9.59 Å². The predicted molar refractivity (Wildman–Crippen MR) is 146 cm³/mol. The van der Waals surface area contributed by atoms with Crippen molar-refractivity contribution in [1.82, 2.24) is 9.80 Å². The van der Waals surface area contributed by atoms with Gasteiger partial charge in [-0.2, -0.15) is 0 Å². The first kappa shape index (κ1) is 29.7. The Morgan fingerprint density at radius 3 is 1.34 bits per heavy atom. The van der Waals surface area contributed by atoms with Crippen molar-refractivity contribution in [2.24, 2.45) is 0 Å². The van der Waals surface area contributed by atoms with E-state index < -0.39 is 34.1 Å². The molecule has 38 heavy (non-hydrogen) atoms. The molecular weight excluding hydrogens is 484 g/mol. The Morgan fingerprint density at radius 2 is 1.03 bits per heavy atom. The highest BCUT2D eigenvalue weighted by Gasteiger charge is 2.51. The van der Waals surface area contributed by atoms with Gasteiger partial charge >= 0.3 is 11.9 Å². The van der Waals surface area contributed by atoms with Gasteiger partial charge in [-0.3, -0.25) is 9.59 Å². The fourth-order valence-corrected chi connectivity index (χ4v) is 8.53. The molecule has 2 N–H and O–H groups in total. The smallest absolute Gasteiger partial charge is 0.336 e. The summed E-state index contributed by atoms with van der Waals surface area (Å²) in [5.41, 5.74) is -1.09. The van der Waals surface area contributed by atoms with Crippen LogP contribution in [0.3, 0.4) is 0 Å². The maximum atomic E-state index is 12.7. The van der Waals surface area contributed by atoms with Crippen molar-refractivity contribution in [3.8, 4) is 0 Å². The summed E-state index contributed by atoms with van der Waals surface area (Å²) in [6.45, 7) is 19.2. The Labute approximate surface area is 226 Å². The number of carbonyl (C=O) groups is 4. The number of carboxylic acids is 2. The molecule has 0 radical (unpaired) electrons. The van der Waals surface area contributed by atoms with E-state index in [1.807, 2.05) is 65.2 Å². The van der Waals surface area contributed by atoms with Crippen molar-refractivity contribution in [2.75, 3.05) is 0 Å². The molecule has 3 rings (SSSR count). The molecule has 2 amide bonds. The van der Waals surface area contributed by atoms with Gasteiger partial charge in [0.15, 0.2) is 0 Å². The number of carbonyl (C=O) groups excluding carboxylic acids is 2. The minimum absolute atomic E-state index is 0.00812. The van der Waals surface area contributed by atoms with Crippen molar-refractivity contribution < 1.29 is 29.4 Å². The highest BCUT2D eigenvalue weighted by molar-refractivity contribution is 6.03. The Kier molecular flexibility index (Phi) is 7.32. The van der Waals surface area contributed by atoms with Crippen LogP contribution in [0.5, 0.6) is 0 Å². The van der Waals surface area contributed by atoms with Crippen molar-refractivity contribution in [3.63, 3.8) is 0 Å². The molecule has 210 valence electrons. The zero-order valence-electron chi connectivity index (χ0n) is 24.6. The molecule has 0 aliphatic carbocycles. The summed E-state index contributed by atoms with van der Waals surface area (Å²) in [5, 5.41) is 20.3. The number of hydrogen-bond acceptors (Lipinski definition) is 4. The van der Waals surface area contributed by atoms with E-state index in [4.69, 9.17) is 0 Å². The highest BCUT2D eigenvalue weighted by Crippen LogP contribution is 2.52. The molecule has 0 saturated carbocycles. The second kappa shape index (κ2) is 9.38. The number of carboxylic acid groups (broad SMARTS) is 2. The number of amides is 2. The van der Waals surface area contributed by atoms with Crippen LogP contribution in [0.4, 0.5) is 0 Å². The summed E-state index contributed by atoms with van der Waals surface area (Å²) in [4.78, 5) is 54.0. The summed E-state index contributed by atoms with van der Waals surface area (Å²) in [6.07, 6.45) is 2.25. The summed E-state index contributed by atoms with van der Waals surface area (Å²) in [7, 11) is 0. The Morgan fingerprint density at radius 1 is 0.658 bits per heavy atom. The molecule has 0 unspecified atom stereocenters. The molecule has 0 spiro atoms. The molecule has 0 aromatic heterocycles. The predicted octanol–water partition coefficient (Wildman–Crippen LogP) is 5.65. The number of hydrogen-bond donors (Lipinski definition) is 2. The van der Waals surface area contributed by atoms with Crippen LogP contribution in [0.2, 0.25) is 0 Å². The molecule has 8 nitrogen and oxygen atoms in total. The summed E-state index contributed by atoms with van der Waals surface area (Å²) >= 11 is 0. The topological polar surface area (TPSA) is 115 Å². The third kappa shape index (κ3) is 5.06. The first-order chi connectivity index (χ1) is 17.1. The van der Waals surface area contributed by atoms with Gasteiger partial charge in [0.1, 0.15) is 0 Å². The van der Waals surface area contributed by atoms with Gasteiger partial charge in [-0.1, -0.05) is 6.07 Å². The second-order valence-electron chi connectivity index (χ2n) is 13.8. The number of piperidine rings is 2. The van der Waals surface area contributed by atoms with E-state index in [1.54, 1.807) is 19.9 Å². The molecule has 2 aliphatic heterocycles. The average Bonchev–Trinajstić information content (AvgIpc) is 2.67. The molecule has 2 saturated heterocycles. The molecule has 2 aliphatic rings. The molecule has 0 bridgehead atoms. The van der Waals surface area contributed by atoms with Crippen LogP contribution in [0.15, 0.2) is 12.1 Å². The normalized spacial score (nSPS) is 22.7. The molecule has 8 heteroatoms. The van der Waals surface area contributed by atoms with Gasteiger partial charge < -0.3 is 20.0 Å². The number of aromatic carboxylic acids is 2. The van der Waals surface area contributed by atoms with E-state index in [0.29, 0.717) is 31.2 Å². The maximum absolute atomic E-state index is 12.7. The summed E-state index contributed by atoms with van der Waals surface area (Å²) in [5.74, 6) is -2.94. The molecular formula is C30H44N2O6. The van der Waals surface area contributed by atoms with Gasteiger partial charge in [0.2, 0.25) is 11.8 Å². The molecule has 1 aromatic rings. The van der Waals surface area contributed by atoms with E-state index in [2.05, 4.69) is 0 Å². The molecule has 2 heterocycles. The summed E-state index contributed by atoms with van der Waals surface area (Å²) in [6, 6.07) is 3.21. The Hall–Kier alpha value is -2.90. The molecule has 2 fully saturated rings. The standard InChI is InChI=1S/C30H44N2O6/c1-17(33)31-27(3,4)13-19(14-28(31,5)6)21-11-12-22(25(35)36)24(26(37)38)23(21)20-15-29(7,8)32(18(2)34)30(9,10)16-20/h11-12,19-20H,13-16H2,1-10H3,(H,35,36)(H,37,38). The van der Waals surface area contributed by atoms with Crippen LogP contribution >= 0.6 is 0 Å². The van der Waals surface area contributed by atoms with Gasteiger partial charge in [-0.15, -0.1) is 0 Å². The van der Waals surface area contributed by atoms with Crippen molar-refractivity contribution >= 4 is 23.8 Å². The van der Waals surface area contributed by atoms with Crippen molar-refractivity contribution in [1.29, 1.82) is 0 Å². The van der Waals surface area contributed by atoms with E-state index in [-0.39, 0.29) is 34.8 Å². The van der Waals surface area contributed by atoms with Crippen molar-refractivity contribution in [2.45, 2.75) is 129 Å². The first-order valence-electron chi connectivity index (χ1n) is 13.4. The van der Waals surface area contributed by atoms with Gasteiger partial charge in [-0.05, 0) is 110 Å². The molecule has 1 aromatic carbocycles. The lowest BCUT2D eigenvalue weighted by Gasteiger charge is -2.57.